The normalized spacial score (nSPS) is 20.7. The first-order valence-electron chi connectivity index (χ1n) is 10.7. The summed E-state index contributed by atoms with van der Waals surface area (Å²) in [5.74, 6) is -0.296. The Morgan fingerprint density at radius 1 is 1.07 bits per heavy atom. The zero-order chi connectivity index (χ0) is 21.6. The lowest BCUT2D eigenvalue weighted by Crippen LogP contribution is -2.48. The highest BCUT2D eigenvalue weighted by Crippen LogP contribution is 2.22. The Morgan fingerprint density at radius 3 is 2.53 bits per heavy atom. The zero-order valence-electron chi connectivity index (χ0n) is 17.1. The van der Waals surface area contributed by atoms with Gasteiger partial charge in [-0.15, -0.1) is 0 Å². The summed E-state index contributed by atoms with van der Waals surface area (Å²) >= 11 is 5.96. The quantitative estimate of drug-likeness (QED) is 0.660. The molecule has 1 saturated heterocycles. The highest BCUT2D eigenvalue weighted by Gasteiger charge is 2.30. The number of piperidine rings is 1. The van der Waals surface area contributed by atoms with Crippen LogP contribution in [-0.2, 0) is 19.6 Å². The van der Waals surface area contributed by atoms with Gasteiger partial charge in [0.05, 0.1) is 10.9 Å². The van der Waals surface area contributed by atoms with Gasteiger partial charge in [0.1, 0.15) is 4.90 Å². The molecule has 1 saturated carbocycles. The second-order valence-electron chi connectivity index (χ2n) is 8.10. The largest absolute Gasteiger partial charge is 0.353 e. The van der Waals surface area contributed by atoms with E-state index < -0.39 is 10.0 Å². The number of halogens is 1. The molecule has 3 rings (SSSR count). The van der Waals surface area contributed by atoms with Crippen LogP contribution >= 0.6 is 11.6 Å². The summed E-state index contributed by atoms with van der Waals surface area (Å²) in [5.41, 5.74) is 0. The molecule has 7 nitrogen and oxygen atoms in total. The van der Waals surface area contributed by atoms with Gasteiger partial charge < -0.3 is 10.2 Å². The SMILES string of the molecule is O=C(NC1CCCCC1)C1CCCN(C(=O)CCNS(=O)(=O)c2ccccc2Cl)C1. The molecule has 2 N–H and O–H groups in total. The second kappa shape index (κ2) is 10.6. The van der Waals surface area contributed by atoms with Crippen molar-refractivity contribution in [2.75, 3.05) is 19.6 Å². The van der Waals surface area contributed by atoms with Crippen LogP contribution in [0.3, 0.4) is 0 Å². The average molecular weight is 456 g/mol. The van der Waals surface area contributed by atoms with Gasteiger partial charge in [0.15, 0.2) is 0 Å². The summed E-state index contributed by atoms with van der Waals surface area (Å²) < 4.78 is 27.2. The fourth-order valence-electron chi connectivity index (χ4n) is 4.17. The summed E-state index contributed by atoms with van der Waals surface area (Å²) in [4.78, 5) is 26.9. The number of rotatable bonds is 7. The number of hydrogen-bond donors (Lipinski definition) is 2. The van der Waals surface area contributed by atoms with Crippen LogP contribution in [0.4, 0.5) is 0 Å². The molecule has 1 unspecified atom stereocenters. The Bertz CT molecular complexity index is 856. The summed E-state index contributed by atoms with van der Waals surface area (Å²) in [7, 11) is -3.77. The van der Waals surface area contributed by atoms with Crippen LogP contribution in [0.5, 0.6) is 0 Å². The number of hydrogen-bond acceptors (Lipinski definition) is 4. The van der Waals surface area contributed by atoms with Gasteiger partial charge in [0.25, 0.3) is 0 Å². The van der Waals surface area contributed by atoms with Crippen LogP contribution in [0.25, 0.3) is 0 Å². The molecule has 0 radical (unpaired) electrons. The number of carbonyl (C=O) groups is 2. The van der Waals surface area contributed by atoms with Gasteiger partial charge in [0, 0.05) is 32.1 Å². The van der Waals surface area contributed by atoms with Crippen molar-refractivity contribution in [1.82, 2.24) is 14.9 Å². The molecule has 166 valence electrons. The summed E-state index contributed by atoms with van der Waals surface area (Å²) in [6, 6.07) is 6.44. The molecule has 1 heterocycles. The molecular formula is C21H30ClN3O4S. The molecule has 0 bridgehead atoms. The minimum atomic E-state index is -3.77. The maximum absolute atomic E-state index is 12.6. The minimum absolute atomic E-state index is 0.00321. The van der Waals surface area contributed by atoms with Gasteiger partial charge in [-0.25, -0.2) is 13.1 Å². The Balaban J connectivity index is 1.47. The van der Waals surface area contributed by atoms with Gasteiger partial charge in [0.2, 0.25) is 21.8 Å². The van der Waals surface area contributed by atoms with Crippen molar-refractivity contribution in [2.45, 2.75) is 62.3 Å². The molecule has 1 atom stereocenters. The second-order valence-corrected chi connectivity index (χ2v) is 10.2. The van der Waals surface area contributed by atoms with Gasteiger partial charge in [-0.1, -0.05) is 43.0 Å². The molecule has 0 spiro atoms. The lowest BCUT2D eigenvalue weighted by atomic mass is 9.93. The molecule has 1 aromatic carbocycles. The number of amides is 2. The predicted octanol–water partition coefficient (Wildman–Crippen LogP) is 2.70. The van der Waals surface area contributed by atoms with Crippen molar-refractivity contribution in [1.29, 1.82) is 0 Å². The summed E-state index contributed by atoms with van der Waals surface area (Å²) in [5, 5.41) is 3.29. The molecule has 2 aliphatic rings. The van der Waals surface area contributed by atoms with Gasteiger partial charge in [-0.05, 0) is 37.8 Å². The molecular weight excluding hydrogens is 426 g/mol. The lowest BCUT2D eigenvalue weighted by Gasteiger charge is -2.33. The van der Waals surface area contributed by atoms with Crippen LogP contribution < -0.4 is 10.0 Å². The first kappa shape index (κ1) is 23.0. The van der Waals surface area contributed by atoms with Crippen LogP contribution in [-0.4, -0.2) is 50.8 Å². The molecule has 30 heavy (non-hydrogen) atoms. The Hall–Kier alpha value is -1.64. The Labute approximate surface area is 183 Å². The van der Waals surface area contributed by atoms with Gasteiger partial charge in [-0.3, -0.25) is 9.59 Å². The number of nitrogens with zero attached hydrogens (tertiary/aromatic N) is 1. The molecule has 9 heteroatoms. The van der Waals surface area contributed by atoms with Crippen LogP contribution in [0.15, 0.2) is 29.2 Å². The summed E-state index contributed by atoms with van der Waals surface area (Å²) in [6.45, 7) is 0.986. The van der Waals surface area contributed by atoms with E-state index in [1.54, 1.807) is 17.0 Å². The molecule has 0 aromatic heterocycles. The van der Waals surface area contributed by atoms with E-state index in [2.05, 4.69) is 10.0 Å². The lowest BCUT2D eigenvalue weighted by molar-refractivity contribution is -0.135. The molecule has 1 aromatic rings. The molecule has 2 amide bonds. The van der Waals surface area contributed by atoms with Crippen molar-refractivity contribution in [3.8, 4) is 0 Å². The van der Waals surface area contributed by atoms with Crippen LogP contribution in [0, 0.1) is 5.92 Å². The fraction of sp³-hybridized carbons (Fsp3) is 0.619. The first-order valence-corrected chi connectivity index (χ1v) is 12.6. The number of sulfonamides is 1. The molecule has 1 aliphatic carbocycles. The number of likely N-dealkylation sites (tertiary alicyclic amines) is 1. The topological polar surface area (TPSA) is 95.6 Å². The smallest absolute Gasteiger partial charge is 0.242 e. The van der Waals surface area contributed by atoms with E-state index in [4.69, 9.17) is 11.6 Å². The van der Waals surface area contributed by atoms with E-state index in [1.165, 1.54) is 18.6 Å². The maximum Gasteiger partial charge on any atom is 0.242 e. The van der Waals surface area contributed by atoms with Crippen LogP contribution in [0.2, 0.25) is 5.02 Å². The molecule has 1 aliphatic heterocycles. The third-order valence-corrected chi connectivity index (χ3v) is 7.81. The van der Waals surface area contributed by atoms with Crippen molar-refractivity contribution >= 4 is 33.4 Å². The predicted molar refractivity (Wildman–Crippen MR) is 116 cm³/mol. The first-order chi connectivity index (χ1) is 14.4. The highest BCUT2D eigenvalue weighted by atomic mass is 35.5. The number of nitrogens with one attached hydrogen (secondary N) is 2. The third-order valence-electron chi connectivity index (χ3n) is 5.85. The Morgan fingerprint density at radius 2 is 1.80 bits per heavy atom. The highest BCUT2D eigenvalue weighted by molar-refractivity contribution is 7.89. The van der Waals surface area contributed by atoms with Crippen molar-refractivity contribution in [3.63, 3.8) is 0 Å². The van der Waals surface area contributed by atoms with Gasteiger partial charge >= 0.3 is 0 Å². The van der Waals surface area contributed by atoms with E-state index in [1.807, 2.05) is 0 Å². The standard InChI is InChI=1S/C21H30ClN3O4S/c22-18-10-4-5-11-19(18)30(28,29)23-13-12-20(26)25-14-6-7-16(15-25)21(27)24-17-8-2-1-3-9-17/h4-5,10-11,16-17,23H,1-3,6-9,12-15H2,(H,24,27). The van der Waals surface area contributed by atoms with Gasteiger partial charge in [-0.2, -0.15) is 0 Å². The van der Waals surface area contributed by atoms with E-state index in [0.29, 0.717) is 13.1 Å². The van der Waals surface area contributed by atoms with Crippen molar-refractivity contribution in [3.05, 3.63) is 29.3 Å². The van der Waals surface area contributed by atoms with E-state index in [-0.39, 0.29) is 46.7 Å². The van der Waals surface area contributed by atoms with Crippen molar-refractivity contribution in [2.24, 2.45) is 5.92 Å². The van der Waals surface area contributed by atoms with E-state index in [0.717, 1.165) is 38.5 Å². The average Bonchev–Trinajstić information content (AvgIpc) is 2.74. The monoisotopic (exact) mass is 455 g/mol. The summed E-state index contributed by atoms with van der Waals surface area (Å²) in [6.07, 6.45) is 7.22. The fourth-order valence-corrected chi connectivity index (χ4v) is 5.72. The number of carbonyl (C=O) groups excluding carboxylic acids is 2. The van der Waals surface area contributed by atoms with E-state index in [9.17, 15) is 18.0 Å². The third kappa shape index (κ3) is 6.18. The van der Waals surface area contributed by atoms with Crippen molar-refractivity contribution < 1.29 is 18.0 Å². The minimum Gasteiger partial charge on any atom is -0.353 e. The molecule has 2 fully saturated rings. The van der Waals surface area contributed by atoms with E-state index >= 15 is 0 Å². The zero-order valence-corrected chi connectivity index (χ0v) is 18.7. The maximum atomic E-state index is 12.6. The Kier molecular flexibility index (Phi) is 8.13. The van der Waals surface area contributed by atoms with Crippen LogP contribution in [0.1, 0.15) is 51.4 Å². The number of benzene rings is 1.